The smallest absolute Gasteiger partial charge is 0.339 e. The highest BCUT2D eigenvalue weighted by Gasteiger charge is 2.17. The Hall–Kier alpha value is -2.40. The van der Waals surface area contributed by atoms with Gasteiger partial charge in [0.25, 0.3) is 0 Å². The van der Waals surface area contributed by atoms with Crippen LogP contribution in [-0.2, 0) is 0 Å². The number of aromatic carboxylic acids is 1. The van der Waals surface area contributed by atoms with Gasteiger partial charge in [0.15, 0.2) is 0 Å². The lowest BCUT2D eigenvalue weighted by atomic mass is 10.1. The third-order valence-corrected chi connectivity index (χ3v) is 4.06. The third-order valence-electron chi connectivity index (χ3n) is 3.18. The van der Waals surface area contributed by atoms with Gasteiger partial charge in [0.1, 0.15) is 16.9 Å². The summed E-state index contributed by atoms with van der Waals surface area (Å²) in [7, 11) is 0. The molecule has 2 aromatic heterocycles. The predicted molar refractivity (Wildman–Crippen MR) is 83.7 cm³/mol. The topological polar surface area (TPSA) is 63.3 Å². The van der Waals surface area contributed by atoms with Gasteiger partial charge in [-0.25, -0.2) is 9.78 Å². The SMILES string of the molecule is Cc1ncc(/C=C/c2ccc3oc(C)c(C(=O)O)c3c2)s1. The van der Waals surface area contributed by atoms with Crippen molar-refractivity contribution in [1.82, 2.24) is 4.98 Å². The molecule has 0 unspecified atom stereocenters. The highest BCUT2D eigenvalue weighted by molar-refractivity contribution is 7.12. The highest BCUT2D eigenvalue weighted by Crippen LogP contribution is 2.27. The van der Waals surface area contributed by atoms with E-state index in [-0.39, 0.29) is 5.56 Å². The average molecular weight is 299 g/mol. The van der Waals surface area contributed by atoms with E-state index in [0.29, 0.717) is 16.7 Å². The number of aromatic nitrogens is 1. The Morgan fingerprint density at radius 3 is 2.81 bits per heavy atom. The first-order chi connectivity index (χ1) is 10.0. The largest absolute Gasteiger partial charge is 0.478 e. The number of hydrogen-bond acceptors (Lipinski definition) is 4. The maximum Gasteiger partial charge on any atom is 0.339 e. The molecule has 3 aromatic rings. The van der Waals surface area contributed by atoms with E-state index in [0.717, 1.165) is 15.4 Å². The van der Waals surface area contributed by atoms with Crippen molar-refractivity contribution in [3.05, 3.63) is 51.2 Å². The summed E-state index contributed by atoms with van der Waals surface area (Å²) in [5.74, 6) is -0.540. The summed E-state index contributed by atoms with van der Waals surface area (Å²) < 4.78 is 5.47. The zero-order valence-electron chi connectivity index (χ0n) is 11.6. The molecule has 4 nitrogen and oxygen atoms in total. The molecule has 0 atom stereocenters. The number of rotatable bonds is 3. The van der Waals surface area contributed by atoms with Crippen LogP contribution in [0.4, 0.5) is 0 Å². The van der Waals surface area contributed by atoms with Crippen molar-refractivity contribution in [2.75, 3.05) is 0 Å². The maximum absolute atomic E-state index is 11.3. The molecule has 0 aliphatic heterocycles. The molecule has 0 fully saturated rings. The van der Waals surface area contributed by atoms with Crippen LogP contribution in [0.3, 0.4) is 0 Å². The van der Waals surface area contributed by atoms with Crippen molar-refractivity contribution in [2.45, 2.75) is 13.8 Å². The molecule has 2 heterocycles. The number of nitrogens with zero attached hydrogens (tertiary/aromatic N) is 1. The van der Waals surface area contributed by atoms with Crippen molar-refractivity contribution in [2.24, 2.45) is 0 Å². The quantitative estimate of drug-likeness (QED) is 0.779. The first-order valence-corrected chi connectivity index (χ1v) is 7.23. The number of carboxylic acids is 1. The van der Waals surface area contributed by atoms with Gasteiger partial charge >= 0.3 is 5.97 Å². The Labute approximate surface area is 125 Å². The highest BCUT2D eigenvalue weighted by atomic mass is 32.1. The minimum atomic E-state index is -0.967. The normalized spacial score (nSPS) is 11.5. The van der Waals surface area contributed by atoms with Crippen molar-refractivity contribution < 1.29 is 14.3 Å². The fourth-order valence-electron chi connectivity index (χ4n) is 2.24. The van der Waals surface area contributed by atoms with Gasteiger partial charge in [-0.2, -0.15) is 0 Å². The first-order valence-electron chi connectivity index (χ1n) is 6.41. The van der Waals surface area contributed by atoms with Gasteiger partial charge in [-0.05, 0) is 37.6 Å². The molecule has 0 radical (unpaired) electrons. The molecule has 3 rings (SSSR count). The Kier molecular flexibility index (Phi) is 3.35. The van der Waals surface area contributed by atoms with E-state index in [2.05, 4.69) is 4.98 Å². The Morgan fingerprint density at radius 2 is 2.14 bits per heavy atom. The molecule has 1 N–H and O–H groups in total. The standard InChI is InChI=1S/C16H13NO3S/c1-9-15(16(18)19)13-7-11(4-6-14(13)20-9)3-5-12-8-17-10(2)21-12/h3-8H,1-2H3,(H,18,19)/b5-3+. The summed E-state index contributed by atoms with van der Waals surface area (Å²) in [5, 5.41) is 10.9. The molecule has 0 amide bonds. The van der Waals surface area contributed by atoms with Crippen LogP contribution in [0.15, 0.2) is 28.8 Å². The van der Waals surface area contributed by atoms with Crippen LogP contribution in [-0.4, -0.2) is 16.1 Å². The number of benzene rings is 1. The van der Waals surface area contributed by atoms with E-state index >= 15 is 0 Å². The zero-order chi connectivity index (χ0) is 15.0. The molecule has 1 aromatic carbocycles. The van der Waals surface area contributed by atoms with E-state index in [1.165, 1.54) is 0 Å². The molecular weight excluding hydrogens is 286 g/mol. The molecule has 0 aliphatic carbocycles. The van der Waals surface area contributed by atoms with Gasteiger partial charge in [0.05, 0.1) is 5.01 Å². The molecule has 0 bridgehead atoms. The predicted octanol–water partition coefficient (Wildman–Crippen LogP) is 4.37. The van der Waals surface area contributed by atoms with Crippen molar-refractivity contribution >= 4 is 40.4 Å². The molecule has 0 spiro atoms. The third kappa shape index (κ3) is 2.60. The maximum atomic E-state index is 11.3. The van der Waals surface area contributed by atoms with Gasteiger partial charge in [-0.15, -0.1) is 11.3 Å². The number of hydrogen-bond donors (Lipinski definition) is 1. The molecular formula is C16H13NO3S. The fourth-order valence-corrected chi connectivity index (χ4v) is 2.93. The fraction of sp³-hybridized carbons (Fsp3) is 0.125. The minimum absolute atomic E-state index is 0.230. The number of furan rings is 1. The summed E-state index contributed by atoms with van der Waals surface area (Å²) in [6.07, 6.45) is 5.74. The lowest BCUT2D eigenvalue weighted by Gasteiger charge is -1.95. The lowest BCUT2D eigenvalue weighted by molar-refractivity contribution is 0.0697. The number of fused-ring (bicyclic) bond motifs is 1. The van der Waals surface area contributed by atoms with Crippen molar-refractivity contribution in [3.8, 4) is 0 Å². The number of aryl methyl sites for hydroxylation is 2. The molecule has 0 saturated carbocycles. The van der Waals surface area contributed by atoms with Gasteiger partial charge in [-0.3, -0.25) is 0 Å². The zero-order valence-corrected chi connectivity index (χ0v) is 12.4. The number of thiazole rings is 1. The van der Waals surface area contributed by atoms with Crippen molar-refractivity contribution in [1.29, 1.82) is 0 Å². The summed E-state index contributed by atoms with van der Waals surface area (Å²) in [6.45, 7) is 3.63. The Morgan fingerprint density at radius 1 is 1.33 bits per heavy atom. The Bertz CT molecular complexity index is 858. The van der Waals surface area contributed by atoms with Gasteiger partial charge < -0.3 is 9.52 Å². The summed E-state index contributed by atoms with van der Waals surface area (Å²) in [6, 6.07) is 5.54. The molecule has 5 heteroatoms. The van der Waals surface area contributed by atoms with Crippen LogP contribution in [0.2, 0.25) is 0 Å². The van der Waals surface area contributed by atoms with Crippen LogP contribution < -0.4 is 0 Å². The van der Waals surface area contributed by atoms with E-state index in [1.807, 2.05) is 37.4 Å². The van der Waals surface area contributed by atoms with Gasteiger partial charge in [0.2, 0.25) is 0 Å². The number of carboxylic acid groups (broad SMARTS) is 1. The number of carbonyl (C=O) groups is 1. The van der Waals surface area contributed by atoms with E-state index < -0.39 is 5.97 Å². The van der Waals surface area contributed by atoms with E-state index in [4.69, 9.17) is 4.42 Å². The second-order valence-corrected chi connectivity index (χ2v) is 5.98. The van der Waals surface area contributed by atoms with Crippen LogP contribution in [0, 0.1) is 13.8 Å². The second kappa shape index (κ2) is 5.18. The second-order valence-electron chi connectivity index (χ2n) is 4.71. The molecule has 21 heavy (non-hydrogen) atoms. The molecule has 0 aliphatic rings. The van der Waals surface area contributed by atoms with Gasteiger partial charge in [-0.1, -0.05) is 12.1 Å². The van der Waals surface area contributed by atoms with E-state index in [9.17, 15) is 9.90 Å². The van der Waals surface area contributed by atoms with Crippen molar-refractivity contribution in [3.63, 3.8) is 0 Å². The summed E-state index contributed by atoms with van der Waals surface area (Å²) >= 11 is 1.61. The lowest BCUT2D eigenvalue weighted by Crippen LogP contribution is -1.96. The summed E-state index contributed by atoms with van der Waals surface area (Å²) in [4.78, 5) is 16.6. The van der Waals surface area contributed by atoms with Crippen LogP contribution in [0.1, 0.15) is 31.6 Å². The summed E-state index contributed by atoms with van der Waals surface area (Å²) in [5.41, 5.74) is 1.75. The Balaban J connectivity index is 2.02. The molecule has 0 saturated heterocycles. The minimum Gasteiger partial charge on any atom is -0.478 e. The monoisotopic (exact) mass is 299 g/mol. The van der Waals surface area contributed by atoms with Crippen LogP contribution in [0.5, 0.6) is 0 Å². The molecule has 106 valence electrons. The van der Waals surface area contributed by atoms with Crippen LogP contribution in [0.25, 0.3) is 23.1 Å². The average Bonchev–Trinajstić information content (AvgIpc) is 2.98. The van der Waals surface area contributed by atoms with E-state index in [1.54, 1.807) is 24.3 Å². The van der Waals surface area contributed by atoms with Crippen LogP contribution >= 0.6 is 11.3 Å². The van der Waals surface area contributed by atoms with Gasteiger partial charge in [0, 0.05) is 16.5 Å². The first kappa shape index (κ1) is 13.6.